The molecule has 0 radical (unpaired) electrons. The molecular weight excluding hydrogens is 250 g/mol. The Kier molecular flexibility index (Phi) is 3.92. The Morgan fingerprint density at radius 2 is 2.32 bits per heavy atom. The van der Waals surface area contributed by atoms with Crippen LogP contribution in [0.15, 0.2) is 18.2 Å². The summed E-state index contributed by atoms with van der Waals surface area (Å²) in [6, 6.07) is 4.66. The number of methoxy groups -OCH3 is 2. The fourth-order valence-corrected chi connectivity index (χ4v) is 2.17. The van der Waals surface area contributed by atoms with Gasteiger partial charge in [0.1, 0.15) is 18.1 Å². The van der Waals surface area contributed by atoms with Gasteiger partial charge in [-0.3, -0.25) is 5.32 Å². The van der Waals surface area contributed by atoms with E-state index < -0.39 is 11.5 Å². The zero-order valence-electron chi connectivity index (χ0n) is 10.9. The molecule has 1 aliphatic heterocycles. The molecular formula is C13H17NO5. The zero-order chi connectivity index (χ0) is 13.9. The third kappa shape index (κ3) is 2.36. The lowest BCUT2D eigenvalue weighted by molar-refractivity contribution is -0.149. The quantitative estimate of drug-likeness (QED) is 0.593. The molecule has 19 heavy (non-hydrogen) atoms. The summed E-state index contributed by atoms with van der Waals surface area (Å²) in [4.78, 5) is 12.1. The van der Waals surface area contributed by atoms with Crippen molar-refractivity contribution in [2.24, 2.45) is 0 Å². The van der Waals surface area contributed by atoms with Gasteiger partial charge in [0, 0.05) is 25.3 Å². The Morgan fingerprint density at radius 1 is 1.53 bits per heavy atom. The molecule has 0 fully saturated rings. The highest BCUT2D eigenvalue weighted by Gasteiger charge is 2.48. The molecule has 1 aromatic rings. The second kappa shape index (κ2) is 5.46. The van der Waals surface area contributed by atoms with Crippen LogP contribution in [0.4, 0.5) is 0 Å². The monoisotopic (exact) mass is 267 g/mol. The van der Waals surface area contributed by atoms with Crippen molar-refractivity contribution in [3.05, 3.63) is 23.8 Å². The number of fused-ring (bicyclic) bond motifs is 1. The van der Waals surface area contributed by atoms with Gasteiger partial charge in [0.15, 0.2) is 5.54 Å². The van der Waals surface area contributed by atoms with E-state index in [1.807, 2.05) is 0 Å². The van der Waals surface area contributed by atoms with Gasteiger partial charge in [0.25, 0.3) is 0 Å². The molecule has 1 unspecified atom stereocenters. The highest BCUT2D eigenvalue weighted by Crippen LogP contribution is 2.39. The van der Waals surface area contributed by atoms with Gasteiger partial charge >= 0.3 is 5.97 Å². The van der Waals surface area contributed by atoms with Crippen LogP contribution >= 0.6 is 0 Å². The van der Waals surface area contributed by atoms with Gasteiger partial charge in [0.05, 0.1) is 13.7 Å². The van der Waals surface area contributed by atoms with E-state index in [-0.39, 0.29) is 12.4 Å². The van der Waals surface area contributed by atoms with Crippen molar-refractivity contribution >= 4 is 5.97 Å². The number of carbonyl (C=O) groups is 1. The number of rotatable bonds is 5. The Morgan fingerprint density at radius 3 is 3.00 bits per heavy atom. The molecule has 0 saturated carbocycles. The molecule has 1 heterocycles. The first-order chi connectivity index (χ1) is 9.14. The first-order valence-electron chi connectivity index (χ1n) is 5.92. The number of nitrogens with one attached hydrogen (secondary N) is 1. The maximum Gasteiger partial charge on any atom is 0.334 e. The van der Waals surface area contributed by atoms with Crippen LogP contribution in [0.2, 0.25) is 0 Å². The van der Waals surface area contributed by atoms with E-state index in [1.54, 1.807) is 13.2 Å². The highest BCUT2D eigenvalue weighted by atomic mass is 16.5. The fraction of sp³-hybridized carbons (Fsp3) is 0.462. The second-order valence-electron chi connectivity index (χ2n) is 4.29. The SMILES string of the molecule is COCCNC1(C(=O)OC)COc2cc(O)ccc21. The first kappa shape index (κ1) is 13.6. The molecule has 0 aromatic heterocycles. The van der Waals surface area contributed by atoms with Crippen LogP contribution in [0.3, 0.4) is 0 Å². The third-order valence-electron chi connectivity index (χ3n) is 3.14. The van der Waals surface area contributed by atoms with E-state index in [0.717, 1.165) is 0 Å². The summed E-state index contributed by atoms with van der Waals surface area (Å²) in [6.45, 7) is 1.07. The number of benzene rings is 1. The number of phenols is 1. The van der Waals surface area contributed by atoms with E-state index in [4.69, 9.17) is 14.2 Å². The molecule has 2 N–H and O–H groups in total. The minimum atomic E-state index is -1.05. The number of carbonyl (C=O) groups excluding carboxylic acids is 1. The van der Waals surface area contributed by atoms with Crippen molar-refractivity contribution in [2.45, 2.75) is 5.54 Å². The minimum Gasteiger partial charge on any atom is -0.508 e. The summed E-state index contributed by atoms with van der Waals surface area (Å²) in [6.07, 6.45) is 0. The Labute approximate surface area is 111 Å². The molecule has 1 aliphatic rings. The Hall–Kier alpha value is -1.79. The molecule has 0 saturated heterocycles. The van der Waals surface area contributed by atoms with Gasteiger partial charge < -0.3 is 19.3 Å². The summed E-state index contributed by atoms with van der Waals surface area (Å²) in [5, 5.41) is 12.6. The van der Waals surface area contributed by atoms with Crippen LogP contribution in [0, 0.1) is 0 Å². The number of ether oxygens (including phenoxy) is 3. The second-order valence-corrected chi connectivity index (χ2v) is 4.29. The maximum absolute atomic E-state index is 12.1. The molecule has 2 rings (SSSR count). The van der Waals surface area contributed by atoms with Crippen molar-refractivity contribution in [3.63, 3.8) is 0 Å². The van der Waals surface area contributed by atoms with Crippen LogP contribution < -0.4 is 10.1 Å². The molecule has 0 amide bonds. The number of aromatic hydroxyl groups is 1. The smallest absolute Gasteiger partial charge is 0.334 e. The third-order valence-corrected chi connectivity index (χ3v) is 3.14. The molecule has 104 valence electrons. The zero-order valence-corrected chi connectivity index (χ0v) is 10.9. The van der Waals surface area contributed by atoms with Crippen LogP contribution in [0.25, 0.3) is 0 Å². The van der Waals surface area contributed by atoms with Crippen LogP contribution in [0.1, 0.15) is 5.56 Å². The lowest BCUT2D eigenvalue weighted by atomic mass is 9.92. The van der Waals surface area contributed by atoms with Gasteiger partial charge in [-0.05, 0) is 12.1 Å². The summed E-state index contributed by atoms with van der Waals surface area (Å²) in [5.41, 5.74) is -0.385. The van der Waals surface area contributed by atoms with Crippen molar-refractivity contribution < 1.29 is 24.1 Å². The number of hydrogen-bond donors (Lipinski definition) is 2. The Balaban J connectivity index is 2.34. The normalized spacial score (nSPS) is 20.7. The lowest BCUT2D eigenvalue weighted by Gasteiger charge is -2.26. The lowest BCUT2D eigenvalue weighted by Crippen LogP contribution is -2.52. The fourth-order valence-electron chi connectivity index (χ4n) is 2.17. The largest absolute Gasteiger partial charge is 0.508 e. The van der Waals surface area contributed by atoms with Crippen molar-refractivity contribution in [3.8, 4) is 11.5 Å². The van der Waals surface area contributed by atoms with E-state index in [2.05, 4.69) is 5.32 Å². The van der Waals surface area contributed by atoms with Gasteiger partial charge in [0.2, 0.25) is 0 Å². The van der Waals surface area contributed by atoms with E-state index in [9.17, 15) is 9.90 Å². The molecule has 1 aromatic carbocycles. The predicted molar refractivity (Wildman–Crippen MR) is 67.2 cm³/mol. The topological polar surface area (TPSA) is 77.0 Å². The standard InChI is InChI=1S/C13H17NO5/c1-17-6-5-14-13(12(16)18-2)8-19-11-7-9(15)3-4-10(11)13/h3-4,7,14-15H,5-6,8H2,1-2H3. The highest BCUT2D eigenvalue weighted by molar-refractivity contribution is 5.85. The van der Waals surface area contributed by atoms with E-state index in [1.165, 1.54) is 19.2 Å². The van der Waals surface area contributed by atoms with Gasteiger partial charge in [-0.1, -0.05) is 0 Å². The minimum absolute atomic E-state index is 0.0938. The molecule has 6 nitrogen and oxygen atoms in total. The molecule has 0 spiro atoms. The number of esters is 1. The Bertz CT molecular complexity index is 476. The average molecular weight is 267 g/mol. The van der Waals surface area contributed by atoms with Gasteiger partial charge in [-0.15, -0.1) is 0 Å². The molecule has 1 atom stereocenters. The summed E-state index contributed by atoms with van der Waals surface area (Å²) >= 11 is 0. The summed E-state index contributed by atoms with van der Waals surface area (Å²) in [7, 11) is 2.92. The summed E-state index contributed by atoms with van der Waals surface area (Å²) in [5.74, 6) is 0.152. The number of hydrogen-bond acceptors (Lipinski definition) is 6. The molecule has 6 heteroatoms. The number of phenolic OH excluding ortho intramolecular Hbond substituents is 1. The maximum atomic E-state index is 12.1. The van der Waals surface area contributed by atoms with Crippen molar-refractivity contribution in [2.75, 3.05) is 34.0 Å². The first-order valence-corrected chi connectivity index (χ1v) is 5.92. The van der Waals surface area contributed by atoms with Crippen LogP contribution in [0.5, 0.6) is 11.5 Å². The summed E-state index contributed by atoms with van der Waals surface area (Å²) < 4.78 is 15.3. The van der Waals surface area contributed by atoms with Gasteiger partial charge in [-0.25, -0.2) is 4.79 Å². The average Bonchev–Trinajstić information content (AvgIpc) is 2.77. The van der Waals surface area contributed by atoms with Crippen LogP contribution in [-0.4, -0.2) is 45.1 Å². The molecule has 0 bridgehead atoms. The van der Waals surface area contributed by atoms with Crippen molar-refractivity contribution in [1.82, 2.24) is 5.32 Å². The molecule has 0 aliphatic carbocycles. The van der Waals surface area contributed by atoms with E-state index in [0.29, 0.717) is 24.5 Å². The van der Waals surface area contributed by atoms with Crippen LogP contribution in [-0.2, 0) is 19.8 Å². The van der Waals surface area contributed by atoms with Crippen molar-refractivity contribution in [1.29, 1.82) is 0 Å². The van der Waals surface area contributed by atoms with E-state index >= 15 is 0 Å². The van der Waals surface area contributed by atoms with Gasteiger partial charge in [-0.2, -0.15) is 0 Å². The predicted octanol–water partition coefficient (Wildman–Crippen LogP) is 0.389.